The van der Waals surface area contributed by atoms with Crippen LogP contribution < -0.4 is 0 Å². The van der Waals surface area contributed by atoms with Gasteiger partial charge in [0.15, 0.2) is 0 Å². The number of rotatable bonds is 5. The molecule has 2 atom stereocenters. The number of hydrogen-bond donors (Lipinski definition) is 0. The first-order valence-corrected chi connectivity index (χ1v) is 7.98. The van der Waals surface area contributed by atoms with E-state index in [1.807, 2.05) is 0 Å². The molecule has 16 heavy (non-hydrogen) atoms. The maximum atomic E-state index is 5.87. The third kappa shape index (κ3) is 4.15. The van der Waals surface area contributed by atoms with Gasteiger partial charge in [0, 0.05) is 3.92 Å². The molecule has 2 saturated carbocycles. The Morgan fingerprint density at radius 3 is 2.25 bits per heavy atom. The Balaban J connectivity index is 1.51. The van der Waals surface area contributed by atoms with E-state index < -0.39 is 0 Å². The molecule has 0 saturated heterocycles. The van der Waals surface area contributed by atoms with Gasteiger partial charge in [0.2, 0.25) is 0 Å². The van der Waals surface area contributed by atoms with Gasteiger partial charge in [-0.15, -0.1) is 0 Å². The van der Waals surface area contributed by atoms with E-state index in [1.54, 1.807) is 0 Å². The second-order valence-corrected chi connectivity index (χ2v) is 6.59. The van der Waals surface area contributed by atoms with Crippen molar-refractivity contribution in [2.75, 3.05) is 13.2 Å². The molecule has 0 spiro atoms. The predicted octanol–water partition coefficient (Wildman–Crippen LogP) is 3.71. The van der Waals surface area contributed by atoms with E-state index in [-0.39, 0.29) is 0 Å². The average Bonchev–Trinajstić information content (AvgIpc) is 2.72. The second-order valence-electron chi connectivity index (χ2n) is 4.99. The fourth-order valence-corrected chi connectivity index (χ4v) is 3.72. The minimum absolute atomic E-state index is 0.496. The molecule has 0 heterocycles. The minimum Gasteiger partial charge on any atom is -0.376 e. The summed E-state index contributed by atoms with van der Waals surface area (Å²) in [6.45, 7) is 1.59. The lowest BCUT2D eigenvalue weighted by Crippen LogP contribution is -2.23. The van der Waals surface area contributed by atoms with Gasteiger partial charge in [-0.05, 0) is 32.1 Å². The minimum atomic E-state index is 0.496. The number of ether oxygens (including phenoxy) is 2. The first-order chi connectivity index (χ1) is 7.86. The number of hydrogen-bond acceptors (Lipinski definition) is 2. The van der Waals surface area contributed by atoms with E-state index in [9.17, 15) is 0 Å². The second kappa shape index (κ2) is 7.17. The highest BCUT2D eigenvalue weighted by Crippen LogP contribution is 2.28. The van der Waals surface area contributed by atoms with Gasteiger partial charge in [-0.2, -0.15) is 0 Å². The van der Waals surface area contributed by atoms with Crippen molar-refractivity contribution in [1.82, 2.24) is 0 Å². The third-order valence-corrected chi connectivity index (χ3v) is 5.12. The van der Waals surface area contributed by atoms with E-state index in [0.717, 1.165) is 17.1 Å². The molecule has 2 unspecified atom stereocenters. The summed E-state index contributed by atoms with van der Waals surface area (Å²) in [5, 5.41) is 0. The van der Waals surface area contributed by atoms with Crippen molar-refractivity contribution in [3.8, 4) is 0 Å². The van der Waals surface area contributed by atoms with E-state index in [4.69, 9.17) is 9.47 Å². The molecule has 0 bridgehead atoms. The monoisotopic (exact) mass is 338 g/mol. The smallest absolute Gasteiger partial charge is 0.0704 e. The zero-order valence-electron chi connectivity index (χ0n) is 10.00. The first kappa shape index (κ1) is 13.1. The Bertz CT molecular complexity index is 192. The van der Waals surface area contributed by atoms with Crippen molar-refractivity contribution in [2.45, 2.75) is 67.5 Å². The highest BCUT2D eigenvalue weighted by atomic mass is 127. The van der Waals surface area contributed by atoms with E-state index in [1.165, 1.54) is 51.4 Å². The van der Waals surface area contributed by atoms with Gasteiger partial charge in [-0.3, -0.25) is 0 Å². The number of alkyl halides is 1. The molecule has 3 heteroatoms. The molecule has 0 N–H and O–H groups in total. The van der Waals surface area contributed by atoms with Crippen molar-refractivity contribution in [3.63, 3.8) is 0 Å². The highest BCUT2D eigenvalue weighted by molar-refractivity contribution is 14.1. The standard InChI is InChI=1S/C13H23IO2/c14-12-7-4-8-13(12)16-10-9-15-11-5-2-1-3-6-11/h11-13H,1-10H2. The molecular weight excluding hydrogens is 315 g/mol. The zero-order chi connectivity index (χ0) is 11.2. The summed E-state index contributed by atoms with van der Waals surface area (Å²) >= 11 is 2.52. The van der Waals surface area contributed by atoms with Gasteiger partial charge >= 0.3 is 0 Å². The molecule has 0 aromatic carbocycles. The fraction of sp³-hybridized carbons (Fsp3) is 1.00. The molecule has 0 aromatic rings. The van der Waals surface area contributed by atoms with Crippen LogP contribution in [-0.2, 0) is 9.47 Å². The Morgan fingerprint density at radius 2 is 1.56 bits per heavy atom. The van der Waals surface area contributed by atoms with Crippen LogP contribution in [0.25, 0.3) is 0 Å². The molecular formula is C13H23IO2. The maximum Gasteiger partial charge on any atom is 0.0704 e. The van der Waals surface area contributed by atoms with Crippen molar-refractivity contribution in [2.24, 2.45) is 0 Å². The Morgan fingerprint density at radius 1 is 0.812 bits per heavy atom. The van der Waals surface area contributed by atoms with Crippen molar-refractivity contribution < 1.29 is 9.47 Å². The molecule has 94 valence electrons. The van der Waals surface area contributed by atoms with Crippen molar-refractivity contribution in [3.05, 3.63) is 0 Å². The molecule has 0 radical (unpaired) electrons. The lowest BCUT2D eigenvalue weighted by molar-refractivity contribution is -0.0282. The van der Waals surface area contributed by atoms with Crippen LogP contribution in [0.2, 0.25) is 0 Å². The van der Waals surface area contributed by atoms with Crippen LogP contribution in [0, 0.1) is 0 Å². The van der Waals surface area contributed by atoms with Crippen LogP contribution in [-0.4, -0.2) is 29.3 Å². The van der Waals surface area contributed by atoms with Crippen LogP contribution in [0.5, 0.6) is 0 Å². The van der Waals surface area contributed by atoms with Gasteiger partial charge in [-0.25, -0.2) is 0 Å². The summed E-state index contributed by atoms with van der Waals surface area (Å²) in [5.74, 6) is 0. The molecule has 0 aliphatic heterocycles. The van der Waals surface area contributed by atoms with Crippen LogP contribution in [0.4, 0.5) is 0 Å². The third-order valence-electron chi connectivity index (χ3n) is 3.69. The van der Waals surface area contributed by atoms with Crippen molar-refractivity contribution >= 4 is 22.6 Å². The molecule has 0 amide bonds. The first-order valence-electron chi connectivity index (χ1n) is 6.73. The summed E-state index contributed by atoms with van der Waals surface area (Å²) in [5.41, 5.74) is 0. The molecule has 2 rings (SSSR count). The summed E-state index contributed by atoms with van der Waals surface area (Å²) in [4.78, 5) is 0. The van der Waals surface area contributed by atoms with Crippen molar-refractivity contribution in [1.29, 1.82) is 0 Å². The van der Waals surface area contributed by atoms with Crippen LogP contribution in [0.1, 0.15) is 51.4 Å². The molecule has 2 nitrogen and oxygen atoms in total. The highest BCUT2D eigenvalue weighted by Gasteiger charge is 2.25. The molecule has 2 fully saturated rings. The van der Waals surface area contributed by atoms with E-state index in [0.29, 0.717) is 12.2 Å². The zero-order valence-corrected chi connectivity index (χ0v) is 12.2. The average molecular weight is 338 g/mol. The lowest BCUT2D eigenvalue weighted by atomic mass is 9.98. The fourth-order valence-electron chi connectivity index (χ4n) is 2.71. The molecule has 2 aliphatic carbocycles. The summed E-state index contributed by atoms with van der Waals surface area (Å²) in [6.07, 6.45) is 11.6. The van der Waals surface area contributed by atoms with Crippen LogP contribution >= 0.6 is 22.6 Å². The maximum absolute atomic E-state index is 5.87. The Kier molecular flexibility index (Phi) is 5.86. The van der Waals surface area contributed by atoms with Crippen LogP contribution in [0.15, 0.2) is 0 Å². The lowest BCUT2D eigenvalue weighted by Gasteiger charge is -2.22. The number of halogens is 1. The van der Waals surface area contributed by atoms with Gasteiger partial charge in [0.05, 0.1) is 25.4 Å². The SMILES string of the molecule is IC1CCCC1OCCOC1CCCCC1. The summed E-state index contributed by atoms with van der Waals surface area (Å²) in [7, 11) is 0. The Hall–Kier alpha value is 0.650. The molecule has 0 aromatic heterocycles. The quantitative estimate of drug-likeness (QED) is 0.432. The molecule has 2 aliphatic rings. The van der Waals surface area contributed by atoms with Crippen LogP contribution in [0.3, 0.4) is 0 Å². The van der Waals surface area contributed by atoms with Gasteiger partial charge in [0.1, 0.15) is 0 Å². The normalized spacial score (nSPS) is 32.1. The van der Waals surface area contributed by atoms with Gasteiger partial charge in [-0.1, -0.05) is 41.9 Å². The van der Waals surface area contributed by atoms with E-state index >= 15 is 0 Å². The van der Waals surface area contributed by atoms with E-state index in [2.05, 4.69) is 22.6 Å². The largest absolute Gasteiger partial charge is 0.376 e. The summed E-state index contributed by atoms with van der Waals surface area (Å²) < 4.78 is 12.5. The van der Waals surface area contributed by atoms with Gasteiger partial charge < -0.3 is 9.47 Å². The Labute approximate surface area is 113 Å². The topological polar surface area (TPSA) is 18.5 Å². The predicted molar refractivity (Wildman–Crippen MR) is 74.2 cm³/mol. The summed E-state index contributed by atoms with van der Waals surface area (Å²) in [6, 6.07) is 0. The van der Waals surface area contributed by atoms with Gasteiger partial charge in [0.25, 0.3) is 0 Å².